The minimum atomic E-state index is -1.08. The van der Waals surface area contributed by atoms with E-state index in [0.717, 1.165) is 36.0 Å². The fourth-order valence-corrected chi connectivity index (χ4v) is 4.67. The second kappa shape index (κ2) is 8.53. The van der Waals surface area contributed by atoms with Gasteiger partial charge in [0.05, 0.1) is 18.1 Å². The van der Waals surface area contributed by atoms with E-state index in [4.69, 9.17) is 10.00 Å². The highest BCUT2D eigenvalue weighted by Crippen LogP contribution is 2.43. The number of H-pyrrole nitrogens is 1. The summed E-state index contributed by atoms with van der Waals surface area (Å²) in [6.45, 7) is 10.4. The van der Waals surface area contributed by atoms with Crippen LogP contribution in [-0.2, 0) is 10.3 Å². The van der Waals surface area contributed by atoms with Crippen LogP contribution >= 0.6 is 0 Å². The van der Waals surface area contributed by atoms with E-state index < -0.39 is 11.5 Å². The first-order valence-corrected chi connectivity index (χ1v) is 11.3. The summed E-state index contributed by atoms with van der Waals surface area (Å²) in [6.07, 6.45) is 7.07. The molecule has 1 aliphatic carbocycles. The first kappa shape index (κ1) is 22.8. The summed E-state index contributed by atoms with van der Waals surface area (Å²) in [5.74, 6) is 0.224. The van der Waals surface area contributed by atoms with E-state index in [9.17, 15) is 9.90 Å². The van der Waals surface area contributed by atoms with Crippen LogP contribution < -0.4 is 5.32 Å². The van der Waals surface area contributed by atoms with Gasteiger partial charge in [-0.1, -0.05) is 32.6 Å². The van der Waals surface area contributed by atoms with Gasteiger partial charge in [-0.15, -0.1) is 0 Å². The van der Waals surface area contributed by atoms with Crippen LogP contribution in [0.3, 0.4) is 0 Å². The lowest BCUT2D eigenvalue weighted by molar-refractivity contribution is -0.0676. The molecule has 172 valence electrons. The van der Waals surface area contributed by atoms with Gasteiger partial charge in [0.25, 0.3) is 5.91 Å². The molecule has 0 bridgehead atoms. The summed E-state index contributed by atoms with van der Waals surface area (Å²) in [4.78, 5) is 19.5. The van der Waals surface area contributed by atoms with E-state index in [1.54, 1.807) is 0 Å². The molecule has 1 amide bonds. The zero-order valence-electron chi connectivity index (χ0n) is 19.4. The molecule has 1 saturated heterocycles. The lowest BCUT2D eigenvalue weighted by Gasteiger charge is -2.38. The van der Waals surface area contributed by atoms with Crippen LogP contribution in [0.1, 0.15) is 80.3 Å². The van der Waals surface area contributed by atoms with E-state index in [0.29, 0.717) is 24.3 Å². The summed E-state index contributed by atoms with van der Waals surface area (Å²) in [6, 6.07) is 7.60. The molecule has 2 aliphatic rings. The van der Waals surface area contributed by atoms with Gasteiger partial charge in [-0.2, -0.15) is 5.26 Å². The Balaban J connectivity index is 1.71. The predicted octanol–water partition coefficient (Wildman–Crippen LogP) is 5.03. The number of aliphatic hydroxyl groups is 1. The number of imidazole rings is 1. The monoisotopic (exact) mass is 446 g/mol. The van der Waals surface area contributed by atoms with Crippen LogP contribution in [0.5, 0.6) is 0 Å². The maximum atomic E-state index is 12.8. The molecule has 2 aromatic rings. The number of aromatic amines is 1. The number of nitrogens with one attached hydrogen (secondary N) is 2. The highest BCUT2D eigenvalue weighted by Gasteiger charge is 2.38. The second-order valence-electron chi connectivity index (χ2n) is 9.95. The normalized spacial score (nSPS) is 24.4. The van der Waals surface area contributed by atoms with Crippen molar-refractivity contribution in [2.45, 2.75) is 64.6 Å². The molecule has 1 aromatic carbocycles. The van der Waals surface area contributed by atoms with Crippen molar-refractivity contribution >= 4 is 17.2 Å². The zero-order valence-corrected chi connectivity index (χ0v) is 19.4. The molecule has 1 aromatic heterocycles. The number of nitriles is 1. The SMILES string of the molecule is C=C1C[C@@](O)(c2ccc(NC(=O)c3ncc(C#N)[nH]3)c(C3=CCC(C)(C)CC3)c2)C[C@@H](C)O1. The predicted molar refractivity (Wildman–Crippen MR) is 126 cm³/mol. The molecule has 4 rings (SSSR count). The third kappa shape index (κ3) is 4.86. The van der Waals surface area contributed by atoms with Gasteiger partial charge in [-0.05, 0) is 54.9 Å². The summed E-state index contributed by atoms with van der Waals surface area (Å²) >= 11 is 0. The van der Waals surface area contributed by atoms with Gasteiger partial charge in [0.15, 0.2) is 5.82 Å². The van der Waals surface area contributed by atoms with E-state index in [2.05, 4.69) is 41.8 Å². The topological polar surface area (TPSA) is 111 Å². The van der Waals surface area contributed by atoms with Gasteiger partial charge in [0.2, 0.25) is 0 Å². The number of hydrogen-bond donors (Lipinski definition) is 3. The molecule has 33 heavy (non-hydrogen) atoms. The van der Waals surface area contributed by atoms with Crippen molar-refractivity contribution in [3.05, 3.63) is 65.5 Å². The van der Waals surface area contributed by atoms with Gasteiger partial charge in [-0.3, -0.25) is 4.79 Å². The number of carbonyl (C=O) groups excluding carboxylic acids is 1. The fraction of sp³-hybridized carbons (Fsp3) is 0.423. The zero-order chi connectivity index (χ0) is 23.8. The summed E-state index contributed by atoms with van der Waals surface area (Å²) in [5.41, 5.74) is 2.84. The van der Waals surface area contributed by atoms with Crippen LogP contribution in [-0.4, -0.2) is 27.1 Å². The van der Waals surface area contributed by atoms with Crippen molar-refractivity contribution in [2.75, 3.05) is 5.32 Å². The Bertz CT molecular complexity index is 1170. The molecule has 0 saturated carbocycles. The first-order chi connectivity index (χ1) is 15.6. The first-order valence-electron chi connectivity index (χ1n) is 11.3. The molecule has 7 heteroatoms. The Morgan fingerprint density at radius 1 is 1.42 bits per heavy atom. The minimum absolute atomic E-state index is 0.0773. The van der Waals surface area contributed by atoms with E-state index in [1.807, 2.05) is 31.2 Å². The number of rotatable bonds is 4. The van der Waals surface area contributed by atoms with E-state index in [-0.39, 0.29) is 23.0 Å². The number of aromatic nitrogens is 2. The highest BCUT2D eigenvalue weighted by molar-refractivity contribution is 6.03. The maximum Gasteiger partial charge on any atom is 0.291 e. The van der Waals surface area contributed by atoms with Crippen molar-refractivity contribution in [3.63, 3.8) is 0 Å². The Morgan fingerprint density at radius 2 is 2.21 bits per heavy atom. The third-order valence-electron chi connectivity index (χ3n) is 6.52. The van der Waals surface area contributed by atoms with Crippen LogP contribution in [0.4, 0.5) is 5.69 Å². The minimum Gasteiger partial charge on any atom is -0.495 e. The van der Waals surface area contributed by atoms with E-state index in [1.165, 1.54) is 6.20 Å². The number of hydrogen-bond acceptors (Lipinski definition) is 5. The molecule has 0 unspecified atom stereocenters. The lowest BCUT2D eigenvalue weighted by Crippen LogP contribution is -2.36. The Hall–Kier alpha value is -3.37. The molecular weight excluding hydrogens is 416 g/mol. The van der Waals surface area contributed by atoms with Crippen LogP contribution in [0, 0.1) is 16.7 Å². The van der Waals surface area contributed by atoms with Gasteiger partial charge < -0.3 is 20.1 Å². The molecule has 2 atom stereocenters. The van der Waals surface area contributed by atoms with Crippen molar-refractivity contribution in [3.8, 4) is 6.07 Å². The average molecular weight is 447 g/mol. The number of anilines is 1. The molecule has 0 radical (unpaired) electrons. The van der Waals surface area contributed by atoms with Crippen molar-refractivity contribution < 1.29 is 14.6 Å². The largest absolute Gasteiger partial charge is 0.495 e. The van der Waals surface area contributed by atoms with Crippen molar-refractivity contribution in [1.82, 2.24) is 9.97 Å². The van der Waals surface area contributed by atoms with Crippen LogP contribution in [0.2, 0.25) is 0 Å². The summed E-state index contributed by atoms with van der Waals surface area (Å²) in [7, 11) is 0. The number of nitrogens with zero attached hydrogens (tertiary/aromatic N) is 2. The second-order valence-corrected chi connectivity index (χ2v) is 9.95. The summed E-state index contributed by atoms with van der Waals surface area (Å²) in [5, 5.41) is 23.4. The van der Waals surface area contributed by atoms with Gasteiger partial charge >= 0.3 is 0 Å². The number of amides is 1. The molecule has 1 fully saturated rings. The molecule has 3 N–H and O–H groups in total. The Morgan fingerprint density at radius 3 is 2.85 bits per heavy atom. The quantitative estimate of drug-likeness (QED) is 0.610. The lowest BCUT2D eigenvalue weighted by atomic mass is 9.76. The van der Waals surface area contributed by atoms with Crippen LogP contribution in [0.25, 0.3) is 5.57 Å². The fourth-order valence-electron chi connectivity index (χ4n) is 4.67. The smallest absolute Gasteiger partial charge is 0.291 e. The molecule has 7 nitrogen and oxygen atoms in total. The van der Waals surface area contributed by atoms with Gasteiger partial charge in [-0.25, -0.2) is 4.98 Å². The van der Waals surface area contributed by atoms with Crippen molar-refractivity contribution in [2.24, 2.45) is 5.41 Å². The van der Waals surface area contributed by atoms with Gasteiger partial charge in [0.1, 0.15) is 17.4 Å². The summed E-state index contributed by atoms with van der Waals surface area (Å²) < 4.78 is 5.65. The number of benzene rings is 1. The van der Waals surface area contributed by atoms with Crippen molar-refractivity contribution in [1.29, 1.82) is 5.26 Å². The number of carbonyl (C=O) groups is 1. The number of allylic oxidation sites excluding steroid dienone is 2. The third-order valence-corrected chi connectivity index (χ3v) is 6.52. The molecule has 0 spiro atoms. The Labute approximate surface area is 194 Å². The van der Waals surface area contributed by atoms with E-state index >= 15 is 0 Å². The molecular formula is C26H30N4O3. The Kier molecular flexibility index (Phi) is 5.89. The highest BCUT2D eigenvalue weighted by atomic mass is 16.5. The standard InChI is InChI=1S/C26H30N4O3/c1-16-12-26(32,13-17(2)33-16)19-5-6-22(30-24(31)23-28-15-20(14-27)29-23)21(11-19)18-7-9-25(3,4)10-8-18/h5-7,11,15,17,32H,1,8-10,12-13H2,2-4H3,(H,28,29)(H,30,31)/t17-,26+/m1/s1. The molecule has 2 heterocycles. The molecule has 1 aliphatic heterocycles. The maximum absolute atomic E-state index is 12.8. The van der Waals surface area contributed by atoms with Crippen LogP contribution in [0.15, 0.2) is 42.8 Å². The number of ether oxygens (including phenoxy) is 1. The van der Waals surface area contributed by atoms with Gasteiger partial charge in [0, 0.05) is 24.1 Å². The average Bonchev–Trinajstić information content (AvgIpc) is 3.23.